The molecule has 0 unspecified atom stereocenters. The van der Waals surface area contributed by atoms with Crippen molar-refractivity contribution in [3.05, 3.63) is 39.3 Å². The van der Waals surface area contributed by atoms with Crippen molar-refractivity contribution in [3.8, 4) is 0 Å². The predicted molar refractivity (Wildman–Crippen MR) is 117 cm³/mol. The molecule has 1 amide bonds. The molecule has 4 rings (SSSR count). The summed E-state index contributed by atoms with van der Waals surface area (Å²) in [6.07, 6.45) is 3.85. The molecule has 0 aromatic carbocycles. The Labute approximate surface area is 182 Å². The number of hydrogen-bond donors (Lipinski definition) is 1. The highest BCUT2D eigenvalue weighted by Gasteiger charge is 2.26. The van der Waals surface area contributed by atoms with Gasteiger partial charge in [0.15, 0.2) is 16.3 Å². The van der Waals surface area contributed by atoms with E-state index in [4.69, 9.17) is 0 Å². The Morgan fingerprint density at radius 1 is 1.16 bits per heavy atom. The second-order valence-electron chi connectivity index (χ2n) is 7.16. The van der Waals surface area contributed by atoms with Crippen LogP contribution >= 0.6 is 11.8 Å². The van der Waals surface area contributed by atoms with Crippen molar-refractivity contribution in [2.75, 3.05) is 36.8 Å². The summed E-state index contributed by atoms with van der Waals surface area (Å²) in [4.78, 5) is 56.1. The monoisotopic (exact) mass is 444 g/mol. The van der Waals surface area contributed by atoms with Gasteiger partial charge in [-0.3, -0.25) is 19.1 Å². The smallest absolute Gasteiger partial charge is 0.329 e. The van der Waals surface area contributed by atoms with Crippen LogP contribution in [0.3, 0.4) is 0 Å². The van der Waals surface area contributed by atoms with Crippen molar-refractivity contribution in [3.63, 3.8) is 0 Å². The maximum Gasteiger partial charge on any atom is 0.329 e. The highest BCUT2D eigenvalue weighted by molar-refractivity contribution is 7.99. The number of carbonyl (C=O) groups is 1. The maximum atomic E-state index is 12.6. The second-order valence-corrected chi connectivity index (χ2v) is 8.22. The standard InChI is InChI=1S/C19H24N8O3S/c1-3-13(28)25-7-9-26(10-8-25)18-22-15-14(16(29)23-19(30)24(15)2)27(18)11-12-31-17-20-5-4-6-21-17/h4-6H,3,7-12H2,1-2H3,(H,23,29,30). The maximum absolute atomic E-state index is 12.6. The average Bonchev–Trinajstić information content (AvgIpc) is 3.18. The Kier molecular flexibility index (Phi) is 6.07. The zero-order chi connectivity index (χ0) is 22.0. The summed E-state index contributed by atoms with van der Waals surface area (Å²) in [5.41, 5.74) is -0.257. The van der Waals surface area contributed by atoms with Crippen LogP contribution in [0.15, 0.2) is 33.2 Å². The van der Waals surface area contributed by atoms with Crippen LogP contribution in [0.5, 0.6) is 0 Å². The highest BCUT2D eigenvalue weighted by Crippen LogP contribution is 2.22. The summed E-state index contributed by atoms with van der Waals surface area (Å²) in [6.45, 7) is 4.75. The van der Waals surface area contributed by atoms with E-state index in [2.05, 4.69) is 24.8 Å². The molecule has 0 atom stereocenters. The van der Waals surface area contributed by atoms with Crippen molar-refractivity contribution in [1.82, 2.24) is 34.0 Å². The molecule has 3 aromatic heterocycles. The van der Waals surface area contributed by atoms with Crippen LogP contribution in [0.4, 0.5) is 5.95 Å². The van der Waals surface area contributed by atoms with Gasteiger partial charge in [0.05, 0.1) is 0 Å². The third-order valence-electron chi connectivity index (χ3n) is 5.29. The van der Waals surface area contributed by atoms with Gasteiger partial charge < -0.3 is 14.4 Å². The minimum Gasteiger partial charge on any atom is -0.339 e. The Balaban J connectivity index is 1.65. The van der Waals surface area contributed by atoms with Gasteiger partial charge in [-0.15, -0.1) is 0 Å². The van der Waals surface area contributed by atoms with Crippen LogP contribution < -0.4 is 16.1 Å². The van der Waals surface area contributed by atoms with E-state index in [9.17, 15) is 14.4 Å². The second kappa shape index (κ2) is 8.92. The summed E-state index contributed by atoms with van der Waals surface area (Å²) in [5, 5.41) is 0.654. The normalized spacial score (nSPS) is 14.4. The topological polar surface area (TPSA) is 122 Å². The lowest BCUT2D eigenvalue weighted by Gasteiger charge is -2.35. The summed E-state index contributed by atoms with van der Waals surface area (Å²) < 4.78 is 3.20. The Morgan fingerprint density at radius 3 is 2.55 bits per heavy atom. The minimum absolute atomic E-state index is 0.131. The minimum atomic E-state index is -0.501. The van der Waals surface area contributed by atoms with Gasteiger partial charge in [0.1, 0.15) is 0 Å². The number of aromatic nitrogens is 6. The number of fused-ring (bicyclic) bond motifs is 1. The highest BCUT2D eigenvalue weighted by atomic mass is 32.2. The third kappa shape index (κ3) is 4.20. The number of anilines is 1. The molecule has 0 bridgehead atoms. The number of aryl methyl sites for hydroxylation is 2. The van der Waals surface area contributed by atoms with E-state index >= 15 is 0 Å². The molecule has 1 saturated heterocycles. The number of carbonyl (C=O) groups excluding carboxylic acids is 1. The predicted octanol–water partition coefficient (Wildman–Crippen LogP) is 0.0642. The first-order chi connectivity index (χ1) is 15.0. The van der Waals surface area contributed by atoms with E-state index in [1.165, 1.54) is 16.3 Å². The lowest BCUT2D eigenvalue weighted by atomic mass is 10.3. The van der Waals surface area contributed by atoms with E-state index in [1.54, 1.807) is 25.5 Å². The first kappa shape index (κ1) is 21.1. The molecule has 1 N–H and O–H groups in total. The number of H-pyrrole nitrogens is 1. The van der Waals surface area contributed by atoms with Crippen LogP contribution in [0.1, 0.15) is 13.3 Å². The van der Waals surface area contributed by atoms with E-state index in [0.717, 1.165) is 0 Å². The summed E-state index contributed by atoms with van der Waals surface area (Å²) >= 11 is 1.48. The molecule has 11 nitrogen and oxygen atoms in total. The molecule has 0 saturated carbocycles. The molecule has 1 aliphatic rings. The number of hydrogen-bond acceptors (Lipinski definition) is 8. The average molecular weight is 445 g/mol. The Morgan fingerprint density at radius 2 is 1.87 bits per heavy atom. The van der Waals surface area contributed by atoms with Crippen LogP contribution in [-0.4, -0.2) is 71.8 Å². The van der Waals surface area contributed by atoms with Gasteiger partial charge in [-0.25, -0.2) is 14.8 Å². The first-order valence-corrected chi connectivity index (χ1v) is 11.1. The zero-order valence-corrected chi connectivity index (χ0v) is 18.3. The Hall–Kier alpha value is -3.15. The van der Waals surface area contributed by atoms with Crippen molar-refractivity contribution in [1.29, 1.82) is 0 Å². The molecule has 12 heteroatoms. The lowest BCUT2D eigenvalue weighted by molar-refractivity contribution is -0.131. The number of aromatic amines is 1. The quantitative estimate of drug-likeness (QED) is 0.419. The first-order valence-electron chi connectivity index (χ1n) is 10.1. The van der Waals surface area contributed by atoms with Gasteiger partial charge in [-0.2, -0.15) is 4.98 Å². The molecular formula is C19H24N8O3S. The fourth-order valence-corrected chi connectivity index (χ4v) is 4.37. The van der Waals surface area contributed by atoms with Gasteiger partial charge in [0.25, 0.3) is 5.56 Å². The fraction of sp³-hybridized carbons (Fsp3) is 0.474. The van der Waals surface area contributed by atoms with Gasteiger partial charge in [0.2, 0.25) is 11.9 Å². The van der Waals surface area contributed by atoms with Crippen LogP contribution in [-0.2, 0) is 18.4 Å². The van der Waals surface area contributed by atoms with Crippen LogP contribution in [0.25, 0.3) is 11.2 Å². The Bertz CT molecular complexity index is 1190. The van der Waals surface area contributed by atoms with Crippen molar-refractivity contribution in [2.45, 2.75) is 25.0 Å². The molecular weight excluding hydrogens is 420 g/mol. The largest absolute Gasteiger partial charge is 0.339 e. The van der Waals surface area contributed by atoms with Gasteiger partial charge in [-0.05, 0) is 6.07 Å². The molecule has 1 fully saturated rings. The van der Waals surface area contributed by atoms with Gasteiger partial charge in [-0.1, -0.05) is 18.7 Å². The lowest BCUT2D eigenvalue weighted by Crippen LogP contribution is -2.49. The fourth-order valence-electron chi connectivity index (χ4n) is 3.64. The number of thioether (sulfide) groups is 1. The molecule has 0 radical (unpaired) electrons. The number of rotatable bonds is 6. The van der Waals surface area contributed by atoms with Crippen molar-refractivity contribution >= 4 is 34.8 Å². The molecule has 31 heavy (non-hydrogen) atoms. The number of imidazole rings is 1. The molecule has 3 aromatic rings. The summed E-state index contributed by atoms with van der Waals surface area (Å²) in [5.74, 6) is 1.38. The van der Waals surface area contributed by atoms with Crippen LogP contribution in [0, 0.1) is 0 Å². The number of nitrogens with one attached hydrogen (secondary N) is 1. The van der Waals surface area contributed by atoms with E-state index in [-0.39, 0.29) is 5.91 Å². The van der Waals surface area contributed by atoms with Gasteiger partial charge in [0, 0.05) is 64.3 Å². The number of piperazine rings is 1. The van der Waals surface area contributed by atoms with E-state index in [0.29, 0.717) is 67.2 Å². The molecule has 4 heterocycles. The number of amides is 1. The molecule has 164 valence electrons. The SMILES string of the molecule is CCC(=O)N1CCN(c2nc3c(c(=O)[nH]c(=O)n3C)n2CCSc2ncccn2)CC1. The third-order valence-corrected chi connectivity index (χ3v) is 6.15. The molecule has 0 spiro atoms. The summed E-state index contributed by atoms with van der Waals surface area (Å²) in [7, 11) is 1.59. The van der Waals surface area contributed by atoms with Crippen LogP contribution in [0.2, 0.25) is 0 Å². The van der Waals surface area contributed by atoms with Crippen molar-refractivity contribution < 1.29 is 4.79 Å². The van der Waals surface area contributed by atoms with Gasteiger partial charge >= 0.3 is 5.69 Å². The molecule has 0 aliphatic carbocycles. The number of nitrogens with zero attached hydrogens (tertiary/aromatic N) is 7. The van der Waals surface area contributed by atoms with E-state index in [1.807, 2.05) is 16.4 Å². The molecule has 1 aliphatic heterocycles. The summed E-state index contributed by atoms with van der Waals surface area (Å²) in [6, 6.07) is 1.76. The van der Waals surface area contributed by atoms with Crippen molar-refractivity contribution in [2.24, 2.45) is 7.05 Å². The van der Waals surface area contributed by atoms with E-state index < -0.39 is 11.2 Å². The zero-order valence-electron chi connectivity index (χ0n) is 17.4.